The number of hydrogen-bond acceptors (Lipinski definition) is 8. The summed E-state index contributed by atoms with van der Waals surface area (Å²) in [5.74, 6) is -4.28. The number of rotatable bonds is 15. The summed E-state index contributed by atoms with van der Waals surface area (Å²) in [7, 11) is 0. The summed E-state index contributed by atoms with van der Waals surface area (Å²) in [5.41, 5.74) is 15.7. The molecule has 0 aromatic rings. The van der Waals surface area contributed by atoms with E-state index in [0.717, 1.165) is 0 Å². The zero-order valence-corrected chi connectivity index (χ0v) is 16.1. The number of aliphatic hydroxyl groups excluding tert-OH is 1. The maximum atomic E-state index is 12.4. The van der Waals surface area contributed by atoms with Crippen LogP contribution in [0.2, 0.25) is 0 Å². The van der Waals surface area contributed by atoms with Crippen molar-refractivity contribution < 1.29 is 34.2 Å². The lowest BCUT2D eigenvalue weighted by Crippen LogP contribution is -2.54. The molecular weight excluding hydrogens is 388 g/mol. The molecule has 3 unspecified atom stereocenters. The number of primary amides is 1. The predicted octanol–water partition coefficient (Wildman–Crippen LogP) is -4.13. The molecule has 11 N–H and O–H groups in total. The van der Waals surface area contributed by atoms with Gasteiger partial charge < -0.3 is 43.4 Å². The third kappa shape index (κ3) is 11.6. The Morgan fingerprint density at radius 1 is 0.931 bits per heavy atom. The third-order valence-corrected chi connectivity index (χ3v) is 3.85. The van der Waals surface area contributed by atoms with Crippen LogP contribution in [0.4, 0.5) is 0 Å². The van der Waals surface area contributed by atoms with Gasteiger partial charge in [-0.3, -0.25) is 19.2 Å². The molecule has 0 aromatic carbocycles. The minimum atomic E-state index is -1.36. The molecule has 0 radical (unpaired) electrons. The summed E-state index contributed by atoms with van der Waals surface area (Å²) in [6, 6.07) is -3.62. The van der Waals surface area contributed by atoms with Gasteiger partial charge >= 0.3 is 5.97 Å². The van der Waals surface area contributed by atoms with Crippen molar-refractivity contribution in [3.05, 3.63) is 0 Å². The summed E-state index contributed by atoms with van der Waals surface area (Å²) < 4.78 is 0. The molecule has 29 heavy (non-hydrogen) atoms. The molecule has 166 valence electrons. The van der Waals surface area contributed by atoms with Crippen molar-refractivity contribution in [3.63, 3.8) is 0 Å². The van der Waals surface area contributed by atoms with E-state index in [0.29, 0.717) is 19.4 Å². The Hall–Kier alpha value is -2.77. The molecule has 4 amide bonds. The maximum Gasteiger partial charge on any atom is 0.326 e. The summed E-state index contributed by atoms with van der Waals surface area (Å²) >= 11 is 0. The first-order valence-electron chi connectivity index (χ1n) is 9.07. The number of hydrogen-bond donors (Lipinski definition) is 8. The van der Waals surface area contributed by atoms with E-state index < -0.39 is 60.9 Å². The number of carboxylic acid groups (broad SMARTS) is 1. The van der Waals surface area contributed by atoms with Crippen LogP contribution in [0.3, 0.4) is 0 Å². The smallest absolute Gasteiger partial charge is 0.326 e. The van der Waals surface area contributed by atoms with Gasteiger partial charge in [0.2, 0.25) is 23.6 Å². The Morgan fingerprint density at radius 3 is 2.10 bits per heavy atom. The zero-order valence-electron chi connectivity index (χ0n) is 16.1. The van der Waals surface area contributed by atoms with Gasteiger partial charge in [-0.25, -0.2) is 4.79 Å². The number of aliphatic hydroxyl groups is 1. The number of nitrogens with one attached hydrogen (secondary N) is 3. The summed E-state index contributed by atoms with van der Waals surface area (Å²) in [5, 5.41) is 24.8. The second kappa shape index (κ2) is 14.3. The van der Waals surface area contributed by atoms with Gasteiger partial charge in [0.25, 0.3) is 0 Å². The van der Waals surface area contributed by atoms with E-state index in [4.69, 9.17) is 22.3 Å². The minimum absolute atomic E-state index is 0.182. The van der Waals surface area contributed by atoms with E-state index in [1.807, 2.05) is 0 Å². The quantitative estimate of drug-likeness (QED) is 0.120. The van der Waals surface area contributed by atoms with E-state index in [1.54, 1.807) is 0 Å². The number of aliphatic carboxylic acids is 1. The van der Waals surface area contributed by atoms with Gasteiger partial charge in [0.05, 0.1) is 13.2 Å². The van der Waals surface area contributed by atoms with Crippen molar-refractivity contribution in [3.8, 4) is 0 Å². The number of nitrogens with two attached hydrogens (primary N) is 3. The number of unbranched alkanes of at least 4 members (excludes halogenated alkanes) is 1. The fourth-order valence-corrected chi connectivity index (χ4v) is 2.20. The second-order valence-corrected chi connectivity index (χ2v) is 6.32. The van der Waals surface area contributed by atoms with Crippen LogP contribution in [-0.4, -0.2) is 77.6 Å². The fourth-order valence-electron chi connectivity index (χ4n) is 2.20. The van der Waals surface area contributed by atoms with Crippen molar-refractivity contribution >= 4 is 29.6 Å². The first kappa shape index (κ1) is 26.2. The highest BCUT2D eigenvalue weighted by atomic mass is 16.4. The van der Waals surface area contributed by atoms with Crippen molar-refractivity contribution in [2.75, 3.05) is 19.7 Å². The first-order valence-corrected chi connectivity index (χ1v) is 9.07. The van der Waals surface area contributed by atoms with Crippen LogP contribution in [0.15, 0.2) is 0 Å². The zero-order chi connectivity index (χ0) is 22.4. The van der Waals surface area contributed by atoms with Crippen LogP contribution < -0.4 is 33.2 Å². The molecule has 0 saturated carbocycles. The average Bonchev–Trinajstić information content (AvgIpc) is 2.67. The minimum Gasteiger partial charge on any atom is -0.480 e. The predicted molar refractivity (Wildman–Crippen MR) is 101 cm³/mol. The lowest BCUT2D eigenvalue weighted by molar-refractivity contribution is -0.142. The second-order valence-electron chi connectivity index (χ2n) is 6.32. The lowest BCUT2D eigenvalue weighted by atomic mass is 10.1. The molecular formula is C16H30N6O7. The van der Waals surface area contributed by atoms with Crippen molar-refractivity contribution in [1.29, 1.82) is 0 Å². The number of carboxylic acids is 1. The highest BCUT2D eigenvalue weighted by Gasteiger charge is 2.26. The normalized spacial score (nSPS) is 13.6. The Labute approximate surface area is 167 Å². The summed E-state index contributed by atoms with van der Waals surface area (Å²) in [6.07, 6.45) is 0.802. The van der Waals surface area contributed by atoms with Crippen molar-refractivity contribution in [2.24, 2.45) is 17.2 Å². The maximum absolute atomic E-state index is 12.4. The topological polar surface area (TPSA) is 240 Å². The van der Waals surface area contributed by atoms with Crippen molar-refractivity contribution in [2.45, 2.75) is 50.2 Å². The number of amides is 4. The largest absolute Gasteiger partial charge is 0.480 e. The highest BCUT2D eigenvalue weighted by molar-refractivity contribution is 5.92. The molecule has 0 saturated heterocycles. The van der Waals surface area contributed by atoms with E-state index in [2.05, 4.69) is 16.0 Å². The van der Waals surface area contributed by atoms with Crippen LogP contribution in [0, 0.1) is 0 Å². The van der Waals surface area contributed by atoms with Crippen LogP contribution >= 0.6 is 0 Å². The SMILES string of the molecule is NCCCCC(NC(=O)CNC(=O)C(N)CO)C(=O)NC(CCC(N)=O)C(=O)O. The lowest BCUT2D eigenvalue weighted by Gasteiger charge is -2.21. The van der Waals surface area contributed by atoms with Crippen LogP contribution in [0.5, 0.6) is 0 Å². The van der Waals surface area contributed by atoms with Crippen molar-refractivity contribution in [1.82, 2.24) is 16.0 Å². The molecule has 0 heterocycles. The average molecular weight is 418 g/mol. The number of carbonyl (C=O) groups excluding carboxylic acids is 4. The molecule has 0 bridgehead atoms. The molecule has 0 rings (SSSR count). The molecule has 0 aromatic heterocycles. The van der Waals surface area contributed by atoms with Crippen LogP contribution in [0.25, 0.3) is 0 Å². The monoisotopic (exact) mass is 418 g/mol. The molecule has 0 aliphatic carbocycles. The van der Waals surface area contributed by atoms with E-state index >= 15 is 0 Å². The molecule has 3 atom stereocenters. The van der Waals surface area contributed by atoms with E-state index in [-0.39, 0.29) is 19.3 Å². The van der Waals surface area contributed by atoms with Gasteiger partial charge in [-0.1, -0.05) is 0 Å². The van der Waals surface area contributed by atoms with Gasteiger partial charge in [-0.05, 0) is 32.2 Å². The fraction of sp³-hybridized carbons (Fsp3) is 0.688. The van der Waals surface area contributed by atoms with Gasteiger partial charge in [0.15, 0.2) is 0 Å². The van der Waals surface area contributed by atoms with Crippen LogP contribution in [-0.2, 0) is 24.0 Å². The van der Waals surface area contributed by atoms with E-state index in [9.17, 15) is 29.1 Å². The Bertz CT molecular complexity index is 586. The Morgan fingerprint density at radius 2 is 1.59 bits per heavy atom. The van der Waals surface area contributed by atoms with Crippen LogP contribution in [0.1, 0.15) is 32.1 Å². The molecule has 0 spiro atoms. The first-order chi connectivity index (χ1) is 13.6. The standard InChI is InChI=1S/C16H30N6O7/c17-6-2-1-3-10(21-13(25)7-20-14(26)9(18)8-23)15(27)22-11(16(28)29)4-5-12(19)24/h9-11,23H,1-8,17-18H2,(H2,19,24)(H,20,26)(H,21,25)(H,22,27)(H,28,29). The van der Waals surface area contributed by atoms with E-state index in [1.165, 1.54) is 0 Å². The Kier molecular flexibility index (Phi) is 12.9. The highest BCUT2D eigenvalue weighted by Crippen LogP contribution is 2.04. The third-order valence-electron chi connectivity index (χ3n) is 3.85. The van der Waals surface area contributed by atoms with Gasteiger partial charge in [0.1, 0.15) is 18.1 Å². The summed E-state index contributed by atoms with van der Waals surface area (Å²) in [4.78, 5) is 58.1. The van der Waals surface area contributed by atoms with Gasteiger partial charge in [-0.2, -0.15) is 0 Å². The Balaban J connectivity index is 4.92. The molecule has 0 fully saturated rings. The molecule has 13 heteroatoms. The molecule has 13 nitrogen and oxygen atoms in total. The number of carbonyl (C=O) groups is 5. The molecule has 0 aliphatic rings. The molecule has 0 aliphatic heterocycles. The summed E-state index contributed by atoms with van der Waals surface area (Å²) in [6.45, 7) is -0.718. The van der Waals surface area contributed by atoms with Gasteiger partial charge in [0, 0.05) is 6.42 Å². The van der Waals surface area contributed by atoms with Gasteiger partial charge in [-0.15, -0.1) is 0 Å².